The molecular formula is C20H28F3N5O2. The molecule has 0 unspecified atom stereocenters. The monoisotopic (exact) mass is 427 g/mol. The number of aryl methyl sites for hydroxylation is 1. The van der Waals surface area contributed by atoms with E-state index >= 15 is 0 Å². The van der Waals surface area contributed by atoms with Crippen LogP contribution in [-0.4, -0.2) is 49.3 Å². The van der Waals surface area contributed by atoms with Crippen LogP contribution in [0.15, 0.2) is 29.3 Å². The molecule has 0 aliphatic carbocycles. The molecule has 0 aliphatic heterocycles. The van der Waals surface area contributed by atoms with Gasteiger partial charge in [-0.3, -0.25) is 9.67 Å². The zero-order valence-corrected chi connectivity index (χ0v) is 17.6. The molecular weight excluding hydrogens is 399 g/mol. The first-order chi connectivity index (χ1) is 14.2. The Morgan fingerprint density at radius 2 is 1.80 bits per heavy atom. The lowest BCUT2D eigenvalue weighted by molar-refractivity contribution is -0.153. The number of nitrogens with zero attached hydrogens (tertiary/aromatic N) is 3. The van der Waals surface area contributed by atoms with Crippen LogP contribution >= 0.6 is 0 Å². The third kappa shape index (κ3) is 7.25. The highest BCUT2D eigenvalue weighted by atomic mass is 19.4. The molecule has 2 rings (SSSR count). The Hall–Kier alpha value is -2.75. The fourth-order valence-corrected chi connectivity index (χ4v) is 2.83. The van der Waals surface area contributed by atoms with Crippen molar-refractivity contribution in [1.29, 1.82) is 0 Å². The summed E-state index contributed by atoms with van der Waals surface area (Å²) in [5.74, 6) is 0.783. The van der Waals surface area contributed by atoms with E-state index in [1.54, 1.807) is 26.3 Å². The Morgan fingerprint density at radius 1 is 1.13 bits per heavy atom. The number of guanidine groups is 1. The van der Waals surface area contributed by atoms with Gasteiger partial charge in [0.15, 0.2) is 12.6 Å². The van der Waals surface area contributed by atoms with Crippen LogP contribution in [0.25, 0.3) is 0 Å². The molecule has 0 radical (unpaired) electrons. The number of alkyl halides is 3. The fourth-order valence-electron chi connectivity index (χ4n) is 2.83. The number of methoxy groups -OCH3 is 1. The molecule has 0 saturated heterocycles. The number of hydrogen-bond donors (Lipinski definition) is 2. The molecule has 0 spiro atoms. The maximum atomic E-state index is 12.2. The molecule has 10 heteroatoms. The molecule has 0 saturated carbocycles. The molecule has 2 aromatic rings. The highest BCUT2D eigenvalue weighted by Gasteiger charge is 2.28. The highest BCUT2D eigenvalue weighted by molar-refractivity contribution is 5.79. The van der Waals surface area contributed by atoms with Gasteiger partial charge in [-0.1, -0.05) is 12.1 Å². The Balaban J connectivity index is 1.86. The van der Waals surface area contributed by atoms with E-state index in [9.17, 15) is 13.2 Å². The fraction of sp³-hybridized carbons (Fsp3) is 0.500. The summed E-state index contributed by atoms with van der Waals surface area (Å²) in [6, 6.07) is 6.44. The number of benzene rings is 1. The number of hydrogen-bond acceptors (Lipinski definition) is 4. The Labute approximate surface area is 174 Å². The number of nitrogens with one attached hydrogen (secondary N) is 2. The molecule has 2 N–H and O–H groups in total. The number of halogens is 3. The zero-order valence-electron chi connectivity index (χ0n) is 17.6. The van der Waals surface area contributed by atoms with Crippen molar-refractivity contribution in [3.05, 3.63) is 46.8 Å². The van der Waals surface area contributed by atoms with Gasteiger partial charge >= 0.3 is 6.18 Å². The van der Waals surface area contributed by atoms with Crippen molar-refractivity contribution in [1.82, 2.24) is 20.4 Å². The average molecular weight is 427 g/mol. The van der Waals surface area contributed by atoms with Gasteiger partial charge in [-0.05, 0) is 31.5 Å². The van der Waals surface area contributed by atoms with Gasteiger partial charge < -0.3 is 20.1 Å². The van der Waals surface area contributed by atoms with Crippen LogP contribution in [-0.2, 0) is 24.4 Å². The quantitative estimate of drug-likeness (QED) is 0.476. The van der Waals surface area contributed by atoms with Gasteiger partial charge in [-0.2, -0.15) is 18.3 Å². The van der Waals surface area contributed by atoms with Gasteiger partial charge in [0.05, 0.1) is 18.8 Å². The summed E-state index contributed by atoms with van der Waals surface area (Å²) in [5.41, 5.74) is 4.00. The van der Waals surface area contributed by atoms with Gasteiger partial charge in [-0.25, -0.2) is 0 Å². The van der Waals surface area contributed by atoms with Gasteiger partial charge in [-0.15, -0.1) is 0 Å². The van der Waals surface area contributed by atoms with Crippen molar-refractivity contribution in [2.24, 2.45) is 4.99 Å². The molecule has 0 bridgehead atoms. The molecule has 1 aromatic carbocycles. The van der Waals surface area contributed by atoms with Crippen LogP contribution in [0.4, 0.5) is 13.2 Å². The van der Waals surface area contributed by atoms with Crippen molar-refractivity contribution in [2.75, 3.05) is 27.4 Å². The standard InChI is InChI=1S/C20H28F3N5O2/c1-14-18(15(2)28(27-14)9-10-29-4)12-26-19(24-3)25-11-16-5-7-17(8-6-16)30-13-20(21,22)23/h5-8H,9-13H2,1-4H3,(H2,24,25,26). The van der Waals surface area contributed by atoms with Crippen LogP contribution in [0, 0.1) is 13.8 Å². The van der Waals surface area contributed by atoms with E-state index in [0.29, 0.717) is 32.2 Å². The van der Waals surface area contributed by atoms with E-state index in [1.807, 2.05) is 18.5 Å². The Morgan fingerprint density at radius 3 is 2.40 bits per heavy atom. The smallest absolute Gasteiger partial charge is 0.422 e. The van der Waals surface area contributed by atoms with Crippen molar-refractivity contribution in [2.45, 2.75) is 39.7 Å². The summed E-state index contributed by atoms with van der Waals surface area (Å²) in [5, 5.41) is 11.0. The van der Waals surface area contributed by atoms with E-state index in [-0.39, 0.29) is 5.75 Å². The molecule has 0 atom stereocenters. The van der Waals surface area contributed by atoms with Crippen molar-refractivity contribution < 1.29 is 22.6 Å². The largest absolute Gasteiger partial charge is 0.484 e. The molecule has 166 valence electrons. The van der Waals surface area contributed by atoms with Gasteiger partial charge in [0.1, 0.15) is 5.75 Å². The summed E-state index contributed by atoms with van der Waals surface area (Å²) in [7, 11) is 3.33. The summed E-state index contributed by atoms with van der Waals surface area (Å²) < 4.78 is 48.4. The zero-order chi connectivity index (χ0) is 22.1. The molecule has 1 aromatic heterocycles. The Kier molecular flexibility index (Phi) is 8.52. The first-order valence-electron chi connectivity index (χ1n) is 9.48. The first-order valence-corrected chi connectivity index (χ1v) is 9.48. The molecule has 0 amide bonds. The normalized spacial score (nSPS) is 12.2. The molecule has 7 nitrogen and oxygen atoms in total. The topological polar surface area (TPSA) is 72.7 Å². The maximum absolute atomic E-state index is 12.2. The van der Waals surface area contributed by atoms with Crippen LogP contribution in [0.5, 0.6) is 5.75 Å². The summed E-state index contributed by atoms with van der Waals surface area (Å²) in [4.78, 5) is 4.21. The predicted octanol–water partition coefficient (Wildman–Crippen LogP) is 2.95. The molecule has 1 heterocycles. The second-order valence-electron chi connectivity index (χ2n) is 6.69. The maximum Gasteiger partial charge on any atom is 0.422 e. The number of aromatic nitrogens is 2. The molecule has 30 heavy (non-hydrogen) atoms. The van der Waals surface area contributed by atoms with Gasteiger partial charge in [0, 0.05) is 38.5 Å². The number of aliphatic imine (C=N–C) groups is 1. The Bertz CT molecular complexity index is 832. The van der Waals surface area contributed by atoms with Gasteiger partial charge in [0.2, 0.25) is 0 Å². The number of ether oxygens (including phenoxy) is 2. The minimum atomic E-state index is -4.35. The third-order valence-corrected chi connectivity index (χ3v) is 4.48. The summed E-state index contributed by atoms with van der Waals surface area (Å²) >= 11 is 0. The van der Waals surface area contributed by atoms with E-state index in [4.69, 9.17) is 9.47 Å². The lowest BCUT2D eigenvalue weighted by Gasteiger charge is -2.13. The highest BCUT2D eigenvalue weighted by Crippen LogP contribution is 2.19. The van der Waals surface area contributed by atoms with Crippen LogP contribution in [0.1, 0.15) is 22.5 Å². The summed E-state index contributed by atoms with van der Waals surface area (Å²) in [6.07, 6.45) is -4.35. The van der Waals surface area contributed by atoms with Crippen LogP contribution < -0.4 is 15.4 Å². The lowest BCUT2D eigenvalue weighted by Crippen LogP contribution is -2.36. The second kappa shape index (κ2) is 10.9. The van der Waals surface area contributed by atoms with E-state index < -0.39 is 12.8 Å². The van der Waals surface area contributed by atoms with E-state index in [2.05, 4.69) is 20.7 Å². The first kappa shape index (κ1) is 23.5. The molecule has 0 aliphatic rings. The predicted molar refractivity (Wildman–Crippen MR) is 109 cm³/mol. The minimum Gasteiger partial charge on any atom is -0.484 e. The lowest BCUT2D eigenvalue weighted by atomic mass is 10.2. The van der Waals surface area contributed by atoms with Gasteiger partial charge in [0.25, 0.3) is 0 Å². The van der Waals surface area contributed by atoms with E-state index in [1.165, 1.54) is 12.1 Å². The van der Waals surface area contributed by atoms with Crippen LogP contribution in [0.2, 0.25) is 0 Å². The number of rotatable bonds is 9. The average Bonchev–Trinajstić information content (AvgIpc) is 2.98. The minimum absolute atomic E-state index is 0.176. The summed E-state index contributed by atoms with van der Waals surface area (Å²) in [6.45, 7) is 5.00. The van der Waals surface area contributed by atoms with Crippen molar-refractivity contribution in [3.63, 3.8) is 0 Å². The second-order valence-corrected chi connectivity index (χ2v) is 6.69. The van der Waals surface area contributed by atoms with E-state index in [0.717, 1.165) is 22.5 Å². The SMILES string of the molecule is CN=C(NCc1ccc(OCC(F)(F)F)cc1)NCc1c(C)nn(CCOC)c1C. The third-order valence-electron chi connectivity index (χ3n) is 4.48. The van der Waals surface area contributed by atoms with Crippen molar-refractivity contribution >= 4 is 5.96 Å². The molecule has 0 fully saturated rings. The van der Waals surface area contributed by atoms with Crippen LogP contribution in [0.3, 0.4) is 0 Å². The van der Waals surface area contributed by atoms with Crippen molar-refractivity contribution in [3.8, 4) is 5.75 Å².